The molecule has 3 rings (SSSR count). The predicted octanol–water partition coefficient (Wildman–Crippen LogP) is 1.89. The molecule has 2 heterocycles. The summed E-state index contributed by atoms with van der Waals surface area (Å²) in [6, 6.07) is 0. The summed E-state index contributed by atoms with van der Waals surface area (Å²) < 4.78 is 16.9. The van der Waals surface area contributed by atoms with Crippen molar-refractivity contribution in [2.45, 2.75) is 62.3 Å². The first-order valence-electron chi connectivity index (χ1n) is 7.63. The molecule has 0 aromatic rings. The number of rotatable bonds is 2. The number of methoxy groups -OCH3 is 1. The maximum atomic E-state index is 11.0. The Hall–Kier alpha value is -0.160. The van der Waals surface area contributed by atoms with Crippen LogP contribution in [0.15, 0.2) is 0 Å². The van der Waals surface area contributed by atoms with Crippen molar-refractivity contribution in [1.82, 2.24) is 0 Å². The van der Waals surface area contributed by atoms with Crippen molar-refractivity contribution in [3.63, 3.8) is 0 Å². The highest BCUT2D eigenvalue weighted by atomic mass is 16.6. The normalized spacial score (nSPS) is 47.7. The molecule has 0 aromatic carbocycles. The highest BCUT2D eigenvalue weighted by molar-refractivity contribution is 4.99. The molecule has 0 radical (unpaired) electrons. The van der Waals surface area contributed by atoms with Crippen molar-refractivity contribution in [3.05, 3.63) is 0 Å². The monoisotopic (exact) mass is 270 g/mol. The van der Waals surface area contributed by atoms with Gasteiger partial charge in [0.05, 0.1) is 23.9 Å². The molecule has 2 atom stereocenters. The molecule has 4 heteroatoms. The Morgan fingerprint density at radius 1 is 1.11 bits per heavy atom. The standard InChI is InChI=1S/C15H26O4/c1-17-13-2-5-15(16,6-3-13)12-4-8-19-14(10-12)7-9-18-11-14/h12-13,16H,2-11H2,1H3. The minimum absolute atomic E-state index is 0.100. The molecule has 1 saturated carbocycles. The molecular formula is C15H26O4. The van der Waals surface area contributed by atoms with Gasteiger partial charge in [-0.15, -0.1) is 0 Å². The molecule has 2 aliphatic heterocycles. The van der Waals surface area contributed by atoms with Crippen LogP contribution in [0.5, 0.6) is 0 Å². The zero-order valence-electron chi connectivity index (χ0n) is 11.9. The van der Waals surface area contributed by atoms with Gasteiger partial charge >= 0.3 is 0 Å². The molecule has 4 nitrogen and oxygen atoms in total. The van der Waals surface area contributed by atoms with Crippen LogP contribution in [0.1, 0.15) is 44.9 Å². The minimum atomic E-state index is -0.506. The van der Waals surface area contributed by atoms with E-state index in [1.807, 2.05) is 0 Å². The summed E-state index contributed by atoms with van der Waals surface area (Å²) in [6.07, 6.45) is 6.96. The molecule has 1 N–H and O–H groups in total. The van der Waals surface area contributed by atoms with Gasteiger partial charge in [-0.1, -0.05) is 0 Å². The maximum absolute atomic E-state index is 11.0. The first-order valence-corrected chi connectivity index (χ1v) is 7.63. The summed E-state index contributed by atoms with van der Waals surface area (Å²) in [7, 11) is 1.77. The van der Waals surface area contributed by atoms with Gasteiger partial charge in [-0.25, -0.2) is 0 Å². The first kappa shape index (κ1) is 13.8. The van der Waals surface area contributed by atoms with Gasteiger partial charge in [0.2, 0.25) is 0 Å². The summed E-state index contributed by atoms with van der Waals surface area (Å²) in [4.78, 5) is 0. The van der Waals surface area contributed by atoms with Crippen LogP contribution >= 0.6 is 0 Å². The predicted molar refractivity (Wildman–Crippen MR) is 71.1 cm³/mol. The summed E-state index contributed by atoms with van der Waals surface area (Å²) in [5.41, 5.74) is -0.606. The van der Waals surface area contributed by atoms with E-state index in [1.165, 1.54) is 0 Å². The Morgan fingerprint density at radius 3 is 2.53 bits per heavy atom. The highest BCUT2D eigenvalue weighted by Gasteiger charge is 2.48. The van der Waals surface area contributed by atoms with Crippen LogP contribution in [0.3, 0.4) is 0 Å². The lowest BCUT2D eigenvalue weighted by Gasteiger charge is -2.47. The third-order valence-electron chi connectivity index (χ3n) is 5.45. The second-order valence-electron chi connectivity index (χ2n) is 6.56. The van der Waals surface area contributed by atoms with E-state index in [0.29, 0.717) is 18.6 Å². The number of hydrogen-bond donors (Lipinski definition) is 1. The second kappa shape index (κ2) is 5.32. The Morgan fingerprint density at radius 2 is 1.89 bits per heavy atom. The van der Waals surface area contributed by atoms with Crippen LogP contribution in [0.25, 0.3) is 0 Å². The lowest BCUT2D eigenvalue weighted by molar-refractivity contribution is -0.158. The van der Waals surface area contributed by atoms with Gasteiger partial charge in [0, 0.05) is 26.7 Å². The fourth-order valence-corrected chi connectivity index (χ4v) is 4.08. The van der Waals surface area contributed by atoms with Gasteiger partial charge in [-0.2, -0.15) is 0 Å². The van der Waals surface area contributed by atoms with Crippen LogP contribution in [-0.4, -0.2) is 49.3 Å². The zero-order chi connectivity index (χ0) is 13.3. The van der Waals surface area contributed by atoms with Crippen LogP contribution in [-0.2, 0) is 14.2 Å². The largest absolute Gasteiger partial charge is 0.390 e. The fraction of sp³-hybridized carbons (Fsp3) is 1.00. The van der Waals surface area contributed by atoms with Crippen molar-refractivity contribution in [3.8, 4) is 0 Å². The molecule has 110 valence electrons. The van der Waals surface area contributed by atoms with Crippen LogP contribution in [0, 0.1) is 5.92 Å². The van der Waals surface area contributed by atoms with Crippen molar-refractivity contribution >= 4 is 0 Å². The average Bonchev–Trinajstić information content (AvgIpc) is 2.88. The third-order valence-corrected chi connectivity index (χ3v) is 5.45. The molecule has 1 aliphatic carbocycles. The average molecular weight is 270 g/mol. The zero-order valence-corrected chi connectivity index (χ0v) is 11.9. The lowest BCUT2D eigenvalue weighted by atomic mass is 9.68. The lowest BCUT2D eigenvalue weighted by Crippen LogP contribution is -2.50. The van der Waals surface area contributed by atoms with E-state index in [9.17, 15) is 5.11 Å². The molecule has 2 saturated heterocycles. The minimum Gasteiger partial charge on any atom is -0.390 e. The van der Waals surface area contributed by atoms with E-state index in [4.69, 9.17) is 14.2 Å². The smallest absolute Gasteiger partial charge is 0.0940 e. The van der Waals surface area contributed by atoms with E-state index in [2.05, 4.69) is 0 Å². The SMILES string of the molecule is COC1CCC(O)(C2CCOC3(CCOC3)C2)CC1. The quantitative estimate of drug-likeness (QED) is 0.832. The van der Waals surface area contributed by atoms with Crippen molar-refractivity contribution in [1.29, 1.82) is 0 Å². The van der Waals surface area contributed by atoms with Crippen LogP contribution in [0.4, 0.5) is 0 Å². The second-order valence-corrected chi connectivity index (χ2v) is 6.56. The fourth-order valence-electron chi connectivity index (χ4n) is 4.08. The molecular weight excluding hydrogens is 244 g/mol. The number of aliphatic hydroxyl groups is 1. The molecule has 2 unspecified atom stereocenters. The topological polar surface area (TPSA) is 47.9 Å². The van der Waals surface area contributed by atoms with Gasteiger partial charge in [0.15, 0.2) is 0 Å². The Balaban J connectivity index is 1.64. The van der Waals surface area contributed by atoms with Crippen LogP contribution < -0.4 is 0 Å². The van der Waals surface area contributed by atoms with Gasteiger partial charge in [0.1, 0.15) is 0 Å². The molecule has 0 amide bonds. The Kier molecular flexibility index (Phi) is 3.87. The van der Waals surface area contributed by atoms with Gasteiger partial charge in [-0.3, -0.25) is 0 Å². The van der Waals surface area contributed by atoms with E-state index in [-0.39, 0.29) is 5.60 Å². The van der Waals surface area contributed by atoms with Crippen LogP contribution in [0.2, 0.25) is 0 Å². The summed E-state index contributed by atoms with van der Waals surface area (Å²) in [5, 5.41) is 11.0. The van der Waals surface area contributed by atoms with E-state index in [1.54, 1.807) is 7.11 Å². The van der Waals surface area contributed by atoms with Gasteiger partial charge in [-0.05, 0) is 44.4 Å². The first-order chi connectivity index (χ1) is 9.16. The number of ether oxygens (including phenoxy) is 3. The Labute approximate surface area is 115 Å². The molecule has 3 aliphatic rings. The van der Waals surface area contributed by atoms with Crippen molar-refractivity contribution in [2.24, 2.45) is 5.92 Å². The summed E-state index contributed by atoms with van der Waals surface area (Å²) >= 11 is 0. The summed E-state index contributed by atoms with van der Waals surface area (Å²) in [5.74, 6) is 0.362. The van der Waals surface area contributed by atoms with E-state index in [0.717, 1.165) is 58.2 Å². The third kappa shape index (κ3) is 2.68. The van der Waals surface area contributed by atoms with E-state index < -0.39 is 5.60 Å². The summed E-state index contributed by atoms with van der Waals surface area (Å²) in [6.45, 7) is 2.28. The van der Waals surface area contributed by atoms with Gasteiger partial charge < -0.3 is 19.3 Å². The Bertz CT molecular complexity index is 303. The van der Waals surface area contributed by atoms with E-state index >= 15 is 0 Å². The molecule has 0 aromatic heterocycles. The van der Waals surface area contributed by atoms with Crippen molar-refractivity contribution < 1.29 is 19.3 Å². The maximum Gasteiger partial charge on any atom is 0.0940 e. The molecule has 0 bridgehead atoms. The molecule has 1 spiro atoms. The molecule has 3 fully saturated rings. The van der Waals surface area contributed by atoms with Gasteiger partial charge in [0.25, 0.3) is 0 Å². The van der Waals surface area contributed by atoms with Crippen molar-refractivity contribution in [2.75, 3.05) is 26.9 Å². The number of hydrogen-bond acceptors (Lipinski definition) is 4. The highest BCUT2D eigenvalue weighted by Crippen LogP contribution is 2.45. The molecule has 19 heavy (non-hydrogen) atoms.